The Balaban J connectivity index is 1.98. The third-order valence-corrected chi connectivity index (χ3v) is 4.15. The first-order valence-electron chi connectivity index (χ1n) is 6.59. The first-order valence-corrected chi connectivity index (χ1v) is 7.39. The Morgan fingerprint density at radius 3 is 2.89 bits per heavy atom. The molecule has 1 fully saturated rings. The van der Waals surface area contributed by atoms with E-state index in [0.29, 0.717) is 16.9 Å². The minimum Gasteiger partial charge on any atom is -0.316 e. The highest BCUT2D eigenvalue weighted by Crippen LogP contribution is 2.23. The summed E-state index contributed by atoms with van der Waals surface area (Å²) in [5, 5.41) is 3.35. The maximum atomic E-state index is 13.9. The van der Waals surface area contributed by atoms with Crippen LogP contribution in [0.4, 0.5) is 8.78 Å². The van der Waals surface area contributed by atoms with Gasteiger partial charge in [0.15, 0.2) is 0 Å². The van der Waals surface area contributed by atoms with Crippen molar-refractivity contribution in [2.45, 2.75) is 19.4 Å². The van der Waals surface area contributed by atoms with Gasteiger partial charge in [-0.2, -0.15) is 0 Å². The van der Waals surface area contributed by atoms with Crippen LogP contribution >= 0.6 is 15.9 Å². The Kier molecular flexibility index (Phi) is 5.30. The molecule has 0 radical (unpaired) electrons. The fourth-order valence-electron chi connectivity index (χ4n) is 2.57. The number of rotatable bonds is 4. The Hall–Kier alpha value is -0.520. The minimum absolute atomic E-state index is 0.139. The molecule has 2 rings (SSSR count). The van der Waals surface area contributed by atoms with Crippen LogP contribution in [0.25, 0.3) is 0 Å². The highest BCUT2D eigenvalue weighted by molar-refractivity contribution is 9.10. The third-order valence-electron chi connectivity index (χ3n) is 3.54. The monoisotopic (exact) mass is 332 g/mol. The maximum Gasteiger partial charge on any atom is 0.144 e. The van der Waals surface area contributed by atoms with E-state index in [1.165, 1.54) is 25.0 Å². The van der Waals surface area contributed by atoms with Crippen LogP contribution in [0.1, 0.15) is 18.4 Å². The van der Waals surface area contributed by atoms with E-state index in [9.17, 15) is 8.78 Å². The minimum atomic E-state index is -0.492. The predicted octanol–water partition coefficient (Wildman–Crippen LogP) is 3.16. The Morgan fingerprint density at radius 2 is 2.21 bits per heavy atom. The van der Waals surface area contributed by atoms with Crippen LogP contribution in [-0.2, 0) is 6.54 Å². The van der Waals surface area contributed by atoms with Gasteiger partial charge in [0.1, 0.15) is 11.6 Å². The highest BCUT2D eigenvalue weighted by atomic mass is 79.9. The average Bonchev–Trinajstić information content (AvgIpc) is 2.40. The summed E-state index contributed by atoms with van der Waals surface area (Å²) in [4.78, 5) is 1.99. The fraction of sp³-hybridized carbons (Fsp3) is 0.571. The SMILES string of the molecule is CN(Cc1c(F)ccc(Br)c1F)CC1CCCNC1. The zero-order valence-corrected chi connectivity index (χ0v) is 12.6. The summed E-state index contributed by atoms with van der Waals surface area (Å²) in [5.74, 6) is -0.403. The first-order chi connectivity index (χ1) is 9.08. The van der Waals surface area contributed by atoms with E-state index in [2.05, 4.69) is 21.2 Å². The van der Waals surface area contributed by atoms with Crippen molar-refractivity contribution in [2.75, 3.05) is 26.7 Å². The summed E-state index contributed by atoms with van der Waals surface area (Å²) in [6, 6.07) is 2.71. The lowest BCUT2D eigenvalue weighted by Crippen LogP contribution is -2.36. The van der Waals surface area contributed by atoms with E-state index in [1.54, 1.807) is 0 Å². The summed E-state index contributed by atoms with van der Waals surface area (Å²) in [5.41, 5.74) is 0.139. The molecule has 1 heterocycles. The molecule has 1 N–H and O–H groups in total. The zero-order valence-electron chi connectivity index (χ0n) is 11.1. The van der Waals surface area contributed by atoms with Crippen LogP contribution < -0.4 is 5.32 Å². The Morgan fingerprint density at radius 1 is 1.42 bits per heavy atom. The molecule has 1 aromatic carbocycles. The lowest BCUT2D eigenvalue weighted by atomic mass is 9.99. The Bertz CT molecular complexity index is 434. The molecule has 106 valence electrons. The van der Waals surface area contributed by atoms with Crippen LogP contribution in [0.15, 0.2) is 16.6 Å². The van der Waals surface area contributed by atoms with Crippen molar-refractivity contribution >= 4 is 15.9 Å². The summed E-state index contributed by atoms with van der Waals surface area (Å²) in [7, 11) is 1.91. The molecule has 19 heavy (non-hydrogen) atoms. The van der Waals surface area contributed by atoms with Crippen LogP contribution in [0.2, 0.25) is 0 Å². The molecule has 1 atom stereocenters. The number of nitrogens with zero attached hydrogens (tertiary/aromatic N) is 1. The maximum absolute atomic E-state index is 13.9. The largest absolute Gasteiger partial charge is 0.316 e. The molecular formula is C14H19BrF2N2. The molecule has 0 saturated carbocycles. The molecule has 1 aliphatic rings. The van der Waals surface area contributed by atoms with E-state index in [-0.39, 0.29) is 5.56 Å². The normalized spacial score (nSPS) is 19.9. The summed E-state index contributed by atoms with van der Waals surface area (Å²) in [6.07, 6.45) is 2.36. The van der Waals surface area contributed by atoms with Crippen molar-refractivity contribution in [3.05, 3.63) is 33.8 Å². The summed E-state index contributed by atoms with van der Waals surface area (Å²) >= 11 is 3.10. The molecule has 0 spiro atoms. The number of hydrogen-bond acceptors (Lipinski definition) is 2. The van der Waals surface area contributed by atoms with Gasteiger partial charge in [0.2, 0.25) is 0 Å². The van der Waals surface area contributed by atoms with Gasteiger partial charge < -0.3 is 10.2 Å². The number of hydrogen-bond donors (Lipinski definition) is 1. The second-order valence-electron chi connectivity index (χ2n) is 5.23. The molecule has 0 aromatic heterocycles. The van der Waals surface area contributed by atoms with Gasteiger partial charge in [0, 0.05) is 18.7 Å². The van der Waals surface area contributed by atoms with Crippen molar-refractivity contribution in [2.24, 2.45) is 5.92 Å². The van der Waals surface area contributed by atoms with Crippen molar-refractivity contribution in [1.29, 1.82) is 0 Å². The van der Waals surface area contributed by atoms with E-state index in [1.807, 2.05) is 11.9 Å². The second kappa shape index (κ2) is 6.77. The van der Waals surface area contributed by atoms with Crippen molar-refractivity contribution in [3.8, 4) is 0 Å². The molecule has 0 aliphatic carbocycles. The molecule has 1 unspecified atom stereocenters. The van der Waals surface area contributed by atoms with Gasteiger partial charge in [-0.25, -0.2) is 8.78 Å². The van der Waals surface area contributed by atoms with Gasteiger partial charge in [-0.15, -0.1) is 0 Å². The van der Waals surface area contributed by atoms with Crippen LogP contribution in [0, 0.1) is 17.6 Å². The summed E-state index contributed by atoms with van der Waals surface area (Å²) < 4.78 is 27.9. The molecular weight excluding hydrogens is 314 g/mol. The smallest absolute Gasteiger partial charge is 0.144 e. The lowest BCUT2D eigenvalue weighted by molar-refractivity contribution is 0.233. The van der Waals surface area contributed by atoms with Gasteiger partial charge in [0.05, 0.1) is 4.47 Å². The lowest BCUT2D eigenvalue weighted by Gasteiger charge is -2.27. The molecule has 0 amide bonds. The molecule has 1 aliphatic heterocycles. The number of halogens is 3. The van der Waals surface area contributed by atoms with Crippen molar-refractivity contribution in [3.63, 3.8) is 0 Å². The molecule has 1 saturated heterocycles. The van der Waals surface area contributed by atoms with Gasteiger partial charge in [-0.3, -0.25) is 0 Å². The topological polar surface area (TPSA) is 15.3 Å². The predicted molar refractivity (Wildman–Crippen MR) is 76.0 cm³/mol. The fourth-order valence-corrected chi connectivity index (χ4v) is 2.94. The molecule has 0 bridgehead atoms. The van der Waals surface area contributed by atoms with Gasteiger partial charge in [-0.1, -0.05) is 0 Å². The van der Waals surface area contributed by atoms with E-state index < -0.39 is 11.6 Å². The number of benzene rings is 1. The van der Waals surface area contributed by atoms with E-state index in [4.69, 9.17) is 0 Å². The van der Waals surface area contributed by atoms with E-state index in [0.717, 1.165) is 19.6 Å². The van der Waals surface area contributed by atoms with Gasteiger partial charge >= 0.3 is 0 Å². The van der Waals surface area contributed by atoms with Gasteiger partial charge in [-0.05, 0) is 67.0 Å². The molecule has 1 aromatic rings. The zero-order chi connectivity index (χ0) is 13.8. The van der Waals surface area contributed by atoms with Crippen molar-refractivity contribution < 1.29 is 8.78 Å². The van der Waals surface area contributed by atoms with Gasteiger partial charge in [0.25, 0.3) is 0 Å². The highest BCUT2D eigenvalue weighted by Gasteiger charge is 2.18. The Labute approximate surface area is 121 Å². The summed E-state index contributed by atoms with van der Waals surface area (Å²) in [6.45, 7) is 3.23. The molecule has 2 nitrogen and oxygen atoms in total. The number of piperidine rings is 1. The van der Waals surface area contributed by atoms with Crippen molar-refractivity contribution in [1.82, 2.24) is 10.2 Å². The molecule has 5 heteroatoms. The standard InChI is InChI=1S/C14H19BrF2N2/c1-19(8-10-3-2-6-18-7-10)9-11-13(16)5-4-12(15)14(11)17/h4-5,10,18H,2-3,6-9H2,1H3. The third kappa shape index (κ3) is 3.97. The quantitative estimate of drug-likeness (QED) is 0.852. The average molecular weight is 333 g/mol. The van der Waals surface area contributed by atoms with Crippen LogP contribution in [0.3, 0.4) is 0 Å². The van der Waals surface area contributed by atoms with Crippen LogP contribution in [0.5, 0.6) is 0 Å². The van der Waals surface area contributed by atoms with Crippen LogP contribution in [-0.4, -0.2) is 31.6 Å². The van der Waals surface area contributed by atoms with E-state index >= 15 is 0 Å². The second-order valence-corrected chi connectivity index (χ2v) is 6.09. The number of nitrogens with one attached hydrogen (secondary N) is 1. The first kappa shape index (κ1) is 14.9.